The van der Waals surface area contributed by atoms with Gasteiger partial charge in [0.05, 0.1) is 12.3 Å². The van der Waals surface area contributed by atoms with Gasteiger partial charge in [0.25, 0.3) is 0 Å². The Labute approximate surface area is 124 Å². The van der Waals surface area contributed by atoms with Crippen molar-refractivity contribution in [2.75, 3.05) is 5.32 Å². The zero-order valence-electron chi connectivity index (χ0n) is 12.7. The summed E-state index contributed by atoms with van der Waals surface area (Å²) in [7, 11) is 0. The molecule has 0 atom stereocenters. The molecule has 0 aliphatic heterocycles. The predicted octanol–water partition coefficient (Wildman–Crippen LogP) is 2.84. The summed E-state index contributed by atoms with van der Waals surface area (Å²) in [5.41, 5.74) is 0.0433. The number of anilines is 1. The molecule has 1 aromatic carbocycles. The fraction of sp³-hybridized carbons (Fsp3) is 0.467. The molecule has 1 rings (SSSR count). The topological polar surface area (TPSA) is 84.9 Å². The molecule has 0 saturated heterocycles. The van der Waals surface area contributed by atoms with Gasteiger partial charge in [-0.1, -0.05) is 19.1 Å². The van der Waals surface area contributed by atoms with Gasteiger partial charge >= 0.3 is 12.1 Å². The number of esters is 1. The number of carbonyl (C=O) groups is 2. The SMILES string of the molecule is CCC(=O)Oc1c(CO)cccc1NC(=O)OC(C)(C)C. The number of rotatable bonds is 4. The summed E-state index contributed by atoms with van der Waals surface area (Å²) in [6, 6.07) is 4.82. The highest BCUT2D eigenvalue weighted by molar-refractivity contribution is 5.88. The van der Waals surface area contributed by atoms with Gasteiger partial charge in [-0.05, 0) is 26.8 Å². The monoisotopic (exact) mass is 295 g/mol. The van der Waals surface area contributed by atoms with Crippen LogP contribution < -0.4 is 10.1 Å². The maximum atomic E-state index is 11.8. The summed E-state index contributed by atoms with van der Waals surface area (Å²) < 4.78 is 10.3. The smallest absolute Gasteiger partial charge is 0.412 e. The molecule has 2 N–H and O–H groups in total. The van der Waals surface area contributed by atoms with E-state index in [4.69, 9.17) is 9.47 Å². The highest BCUT2D eigenvalue weighted by atomic mass is 16.6. The Balaban J connectivity index is 3.00. The summed E-state index contributed by atoms with van der Waals surface area (Å²) in [4.78, 5) is 23.3. The van der Waals surface area contributed by atoms with Gasteiger partial charge in [0.2, 0.25) is 0 Å². The van der Waals surface area contributed by atoms with E-state index >= 15 is 0 Å². The second kappa shape index (κ2) is 7.08. The lowest BCUT2D eigenvalue weighted by molar-refractivity contribution is -0.134. The lowest BCUT2D eigenvalue weighted by Gasteiger charge is -2.20. The molecule has 1 aromatic rings. The van der Waals surface area contributed by atoms with Crippen LogP contribution in [0, 0.1) is 0 Å². The fourth-order valence-corrected chi connectivity index (χ4v) is 1.53. The summed E-state index contributed by atoms with van der Waals surface area (Å²) in [5.74, 6) is -0.319. The minimum Gasteiger partial charge on any atom is -0.444 e. The molecule has 116 valence electrons. The van der Waals surface area contributed by atoms with E-state index in [9.17, 15) is 14.7 Å². The molecule has 0 aliphatic carbocycles. The first kappa shape index (κ1) is 17.0. The van der Waals surface area contributed by atoms with Crippen molar-refractivity contribution in [1.82, 2.24) is 0 Å². The minimum atomic E-state index is -0.661. The summed E-state index contributed by atoms with van der Waals surface area (Å²) >= 11 is 0. The number of carbonyl (C=O) groups excluding carboxylic acids is 2. The largest absolute Gasteiger partial charge is 0.444 e. The average molecular weight is 295 g/mol. The summed E-state index contributed by atoms with van der Waals surface area (Å²) in [6.45, 7) is 6.58. The van der Waals surface area contributed by atoms with Gasteiger partial charge in [0.15, 0.2) is 5.75 Å². The van der Waals surface area contributed by atoms with Gasteiger partial charge in [0, 0.05) is 12.0 Å². The van der Waals surface area contributed by atoms with E-state index in [-0.39, 0.29) is 24.5 Å². The Bertz CT molecular complexity index is 519. The Hall–Kier alpha value is -2.08. The summed E-state index contributed by atoms with van der Waals surface area (Å²) in [5, 5.41) is 11.8. The number of nitrogens with one attached hydrogen (secondary N) is 1. The van der Waals surface area contributed by atoms with Gasteiger partial charge < -0.3 is 14.6 Å². The third-order valence-corrected chi connectivity index (χ3v) is 2.41. The van der Waals surface area contributed by atoms with Gasteiger partial charge in [-0.2, -0.15) is 0 Å². The molecule has 1 amide bonds. The van der Waals surface area contributed by atoms with Crippen LogP contribution in [0.2, 0.25) is 0 Å². The molecule has 0 unspecified atom stereocenters. The zero-order chi connectivity index (χ0) is 16.0. The van der Waals surface area contributed by atoms with E-state index in [0.717, 1.165) is 0 Å². The van der Waals surface area contributed by atoms with E-state index in [1.165, 1.54) is 0 Å². The Kier molecular flexibility index (Phi) is 5.72. The van der Waals surface area contributed by atoms with Crippen LogP contribution in [0.25, 0.3) is 0 Å². The van der Waals surface area contributed by atoms with Crippen molar-refractivity contribution in [1.29, 1.82) is 0 Å². The van der Waals surface area contributed by atoms with E-state index in [0.29, 0.717) is 5.56 Å². The molecule has 0 saturated carbocycles. The Morgan fingerprint density at radius 2 is 1.95 bits per heavy atom. The number of hydrogen-bond acceptors (Lipinski definition) is 5. The van der Waals surface area contributed by atoms with Crippen LogP contribution in [0.15, 0.2) is 18.2 Å². The van der Waals surface area contributed by atoms with Crippen LogP contribution in [0.4, 0.5) is 10.5 Å². The lowest BCUT2D eigenvalue weighted by atomic mass is 10.2. The number of aliphatic hydroxyl groups excluding tert-OH is 1. The molecular weight excluding hydrogens is 274 g/mol. The fourth-order valence-electron chi connectivity index (χ4n) is 1.53. The zero-order valence-corrected chi connectivity index (χ0v) is 12.7. The van der Waals surface area contributed by atoms with Gasteiger partial charge in [-0.15, -0.1) is 0 Å². The molecule has 0 radical (unpaired) electrons. The maximum Gasteiger partial charge on any atom is 0.412 e. The van der Waals surface area contributed by atoms with Gasteiger partial charge in [0.1, 0.15) is 5.60 Å². The van der Waals surface area contributed by atoms with Gasteiger partial charge in [-0.25, -0.2) is 4.79 Å². The van der Waals surface area contributed by atoms with Crippen molar-refractivity contribution in [2.45, 2.75) is 46.3 Å². The molecule has 0 bridgehead atoms. The molecular formula is C15H21NO5. The van der Waals surface area contributed by atoms with E-state index in [1.54, 1.807) is 45.9 Å². The van der Waals surface area contributed by atoms with E-state index < -0.39 is 17.7 Å². The predicted molar refractivity (Wildman–Crippen MR) is 78.1 cm³/mol. The standard InChI is InChI=1S/C15H21NO5/c1-5-12(18)20-13-10(9-17)7-6-8-11(13)16-14(19)21-15(2,3)4/h6-8,17H,5,9H2,1-4H3,(H,16,19). The van der Waals surface area contributed by atoms with Crippen LogP contribution in [-0.2, 0) is 16.1 Å². The maximum absolute atomic E-state index is 11.8. The molecule has 0 heterocycles. The van der Waals surface area contributed by atoms with Crippen LogP contribution in [0.3, 0.4) is 0 Å². The lowest BCUT2D eigenvalue weighted by Crippen LogP contribution is -2.27. The first-order valence-corrected chi connectivity index (χ1v) is 6.70. The van der Waals surface area contributed by atoms with Crippen LogP contribution in [-0.4, -0.2) is 22.8 Å². The highest BCUT2D eigenvalue weighted by Crippen LogP contribution is 2.30. The van der Waals surface area contributed by atoms with Crippen molar-refractivity contribution in [3.8, 4) is 5.75 Å². The molecule has 0 aromatic heterocycles. The van der Waals surface area contributed by atoms with Crippen LogP contribution >= 0.6 is 0 Å². The highest BCUT2D eigenvalue weighted by Gasteiger charge is 2.19. The van der Waals surface area contributed by atoms with Crippen molar-refractivity contribution >= 4 is 17.7 Å². The first-order chi connectivity index (χ1) is 9.76. The Morgan fingerprint density at radius 1 is 1.29 bits per heavy atom. The second-order valence-corrected chi connectivity index (χ2v) is 5.41. The molecule has 21 heavy (non-hydrogen) atoms. The van der Waals surface area contributed by atoms with Crippen molar-refractivity contribution in [3.05, 3.63) is 23.8 Å². The van der Waals surface area contributed by atoms with Crippen LogP contribution in [0.5, 0.6) is 5.75 Å². The first-order valence-electron chi connectivity index (χ1n) is 6.70. The molecule has 6 heteroatoms. The minimum absolute atomic E-state index is 0.137. The number of amides is 1. The number of hydrogen-bond donors (Lipinski definition) is 2. The number of para-hydroxylation sites is 1. The third kappa shape index (κ3) is 5.43. The van der Waals surface area contributed by atoms with Crippen molar-refractivity contribution in [3.63, 3.8) is 0 Å². The number of ether oxygens (including phenoxy) is 2. The van der Waals surface area contributed by atoms with Gasteiger partial charge in [-0.3, -0.25) is 10.1 Å². The van der Waals surface area contributed by atoms with Crippen molar-refractivity contribution < 1.29 is 24.2 Å². The molecule has 0 fully saturated rings. The molecule has 0 spiro atoms. The molecule has 6 nitrogen and oxygen atoms in total. The quantitative estimate of drug-likeness (QED) is 0.659. The van der Waals surface area contributed by atoms with Crippen molar-refractivity contribution in [2.24, 2.45) is 0 Å². The second-order valence-electron chi connectivity index (χ2n) is 5.41. The number of aliphatic hydroxyl groups is 1. The van der Waals surface area contributed by atoms with Crippen LogP contribution in [0.1, 0.15) is 39.7 Å². The normalized spacial score (nSPS) is 10.9. The number of benzene rings is 1. The molecule has 0 aliphatic rings. The third-order valence-electron chi connectivity index (χ3n) is 2.41. The average Bonchev–Trinajstić information content (AvgIpc) is 2.38. The summed E-state index contributed by atoms with van der Waals surface area (Å²) in [6.07, 6.45) is -0.475. The van der Waals surface area contributed by atoms with E-state index in [1.807, 2.05) is 0 Å². The Morgan fingerprint density at radius 3 is 2.48 bits per heavy atom. The van der Waals surface area contributed by atoms with E-state index in [2.05, 4.69) is 5.32 Å².